The van der Waals surface area contributed by atoms with Crippen molar-refractivity contribution in [2.24, 2.45) is 0 Å². The molecule has 0 radical (unpaired) electrons. The van der Waals surface area contributed by atoms with Crippen molar-refractivity contribution in [3.63, 3.8) is 0 Å². The van der Waals surface area contributed by atoms with Crippen molar-refractivity contribution in [1.82, 2.24) is 10.6 Å². The summed E-state index contributed by atoms with van der Waals surface area (Å²) >= 11 is 5.24. The van der Waals surface area contributed by atoms with E-state index in [2.05, 4.69) is 23.6 Å². The standard InChI is InChI=1S/C15H17N3OS/c1-3-4-9-12-15(17-14(20)16-12)10-7-5-6-8-11(10)18(2)13(15)19/h5-9H,3-4H2,1-2H3,(H2,16,17,20)/b12-9-. The van der Waals surface area contributed by atoms with Gasteiger partial charge in [0.1, 0.15) is 0 Å². The fourth-order valence-electron chi connectivity index (χ4n) is 2.92. The molecule has 2 N–H and O–H groups in total. The summed E-state index contributed by atoms with van der Waals surface area (Å²) in [5.41, 5.74) is 1.88. The van der Waals surface area contributed by atoms with E-state index in [1.54, 1.807) is 11.9 Å². The van der Waals surface area contributed by atoms with Gasteiger partial charge in [-0.1, -0.05) is 37.6 Å². The van der Waals surface area contributed by atoms with Gasteiger partial charge in [0.15, 0.2) is 10.7 Å². The molecule has 0 bridgehead atoms. The maximum Gasteiger partial charge on any atom is 0.263 e. The van der Waals surface area contributed by atoms with Crippen molar-refractivity contribution in [2.45, 2.75) is 25.3 Å². The topological polar surface area (TPSA) is 44.4 Å². The number of nitrogens with one attached hydrogen (secondary N) is 2. The lowest BCUT2D eigenvalue weighted by Crippen LogP contribution is -2.47. The van der Waals surface area contributed by atoms with Crippen molar-refractivity contribution in [2.75, 3.05) is 11.9 Å². The largest absolute Gasteiger partial charge is 0.340 e. The molecular weight excluding hydrogens is 270 g/mol. The van der Waals surface area contributed by atoms with Crippen LogP contribution >= 0.6 is 12.2 Å². The number of hydrogen-bond donors (Lipinski definition) is 2. The highest BCUT2D eigenvalue weighted by Crippen LogP contribution is 2.44. The summed E-state index contributed by atoms with van der Waals surface area (Å²) in [4.78, 5) is 14.5. The van der Waals surface area contributed by atoms with Crippen LogP contribution < -0.4 is 15.5 Å². The van der Waals surface area contributed by atoms with Crippen LogP contribution in [0.2, 0.25) is 0 Å². The van der Waals surface area contributed by atoms with Crippen LogP contribution in [0.3, 0.4) is 0 Å². The molecule has 3 rings (SSSR count). The number of allylic oxidation sites excluding steroid dienone is 1. The average molecular weight is 287 g/mol. The van der Waals surface area contributed by atoms with E-state index in [1.807, 2.05) is 24.3 Å². The summed E-state index contributed by atoms with van der Waals surface area (Å²) in [6.07, 6.45) is 4.01. The molecule has 0 aliphatic carbocycles. The Bertz CT molecular complexity index is 625. The van der Waals surface area contributed by atoms with E-state index >= 15 is 0 Å². The van der Waals surface area contributed by atoms with E-state index in [1.165, 1.54) is 0 Å². The first-order valence-corrected chi connectivity index (χ1v) is 7.19. The first-order valence-electron chi connectivity index (χ1n) is 6.78. The van der Waals surface area contributed by atoms with Crippen molar-refractivity contribution >= 4 is 28.9 Å². The zero-order valence-electron chi connectivity index (χ0n) is 11.6. The van der Waals surface area contributed by atoms with Gasteiger partial charge in [0.25, 0.3) is 5.91 Å². The Morgan fingerprint density at radius 1 is 1.40 bits per heavy atom. The van der Waals surface area contributed by atoms with Gasteiger partial charge in [-0.15, -0.1) is 0 Å². The van der Waals surface area contributed by atoms with Crippen LogP contribution in [-0.4, -0.2) is 18.1 Å². The molecule has 2 heterocycles. The molecule has 104 valence electrons. The predicted molar refractivity (Wildman–Crippen MR) is 83.4 cm³/mol. The Balaban J connectivity index is 2.20. The minimum atomic E-state index is -0.863. The van der Waals surface area contributed by atoms with Crippen molar-refractivity contribution < 1.29 is 4.79 Å². The molecule has 1 atom stereocenters. The quantitative estimate of drug-likeness (QED) is 0.817. The van der Waals surface area contributed by atoms with Crippen LogP contribution in [0.5, 0.6) is 0 Å². The number of amides is 1. The van der Waals surface area contributed by atoms with E-state index in [4.69, 9.17) is 12.2 Å². The normalized spacial score (nSPS) is 26.1. The fourth-order valence-corrected chi connectivity index (χ4v) is 3.18. The third-order valence-electron chi connectivity index (χ3n) is 3.89. The molecule has 1 aromatic rings. The maximum atomic E-state index is 12.8. The summed E-state index contributed by atoms with van der Waals surface area (Å²) in [7, 11) is 1.80. The monoisotopic (exact) mass is 287 g/mol. The molecular formula is C15H17N3OS. The third kappa shape index (κ3) is 1.59. The van der Waals surface area contributed by atoms with Crippen LogP contribution in [0.25, 0.3) is 0 Å². The number of carbonyl (C=O) groups is 1. The number of fused-ring (bicyclic) bond motifs is 2. The molecule has 1 spiro atoms. The minimum absolute atomic E-state index is 0.00778. The van der Waals surface area contributed by atoms with Gasteiger partial charge >= 0.3 is 0 Å². The summed E-state index contributed by atoms with van der Waals surface area (Å²) in [6.45, 7) is 2.11. The highest BCUT2D eigenvalue weighted by atomic mass is 32.1. The SMILES string of the molecule is CCC/C=C1\NC(=S)NC12C(=O)N(C)c1ccccc12. The number of anilines is 1. The molecule has 0 aromatic heterocycles. The number of thiocarbonyl (C=S) groups is 1. The van der Waals surface area contributed by atoms with E-state index in [-0.39, 0.29) is 5.91 Å². The summed E-state index contributed by atoms with van der Waals surface area (Å²) < 4.78 is 0. The highest BCUT2D eigenvalue weighted by Gasteiger charge is 2.56. The fraction of sp³-hybridized carbons (Fsp3) is 0.333. The van der Waals surface area contributed by atoms with E-state index in [0.717, 1.165) is 29.8 Å². The van der Waals surface area contributed by atoms with Gasteiger partial charge in [0.05, 0.1) is 5.70 Å². The lowest BCUT2D eigenvalue weighted by Gasteiger charge is -2.23. The van der Waals surface area contributed by atoms with Gasteiger partial charge in [0, 0.05) is 18.3 Å². The Kier molecular flexibility index (Phi) is 3.01. The van der Waals surface area contributed by atoms with E-state index in [9.17, 15) is 4.79 Å². The number of benzene rings is 1. The molecule has 1 fully saturated rings. The molecule has 2 aliphatic rings. The van der Waals surface area contributed by atoms with Gasteiger partial charge < -0.3 is 15.5 Å². The Labute approximate surface area is 123 Å². The highest BCUT2D eigenvalue weighted by molar-refractivity contribution is 7.80. The zero-order valence-corrected chi connectivity index (χ0v) is 12.4. The van der Waals surface area contributed by atoms with Crippen LogP contribution in [0.4, 0.5) is 5.69 Å². The molecule has 5 heteroatoms. The van der Waals surface area contributed by atoms with Crippen LogP contribution in [0, 0.1) is 0 Å². The molecule has 2 aliphatic heterocycles. The average Bonchev–Trinajstić information content (AvgIpc) is 2.90. The van der Waals surface area contributed by atoms with Crippen LogP contribution in [0.1, 0.15) is 25.3 Å². The molecule has 1 amide bonds. The third-order valence-corrected chi connectivity index (χ3v) is 4.09. The number of carbonyl (C=O) groups excluding carboxylic acids is 1. The Hall–Kier alpha value is -1.88. The summed E-state index contributed by atoms with van der Waals surface area (Å²) in [6, 6.07) is 7.84. The molecule has 1 aromatic carbocycles. The Morgan fingerprint density at radius 2 is 2.15 bits per heavy atom. The second-order valence-electron chi connectivity index (χ2n) is 5.12. The number of para-hydroxylation sites is 1. The second kappa shape index (κ2) is 4.59. The predicted octanol–water partition coefficient (Wildman–Crippen LogP) is 2.02. The van der Waals surface area contributed by atoms with E-state index < -0.39 is 5.54 Å². The molecule has 1 unspecified atom stereocenters. The number of rotatable bonds is 2. The van der Waals surface area contributed by atoms with Gasteiger partial charge in [-0.25, -0.2) is 0 Å². The van der Waals surface area contributed by atoms with Crippen molar-refractivity contribution in [3.8, 4) is 0 Å². The van der Waals surface area contributed by atoms with Crippen LogP contribution in [-0.2, 0) is 10.3 Å². The summed E-state index contributed by atoms with van der Waals surface area (Å²) in [5.74, 6) is 0.00778. The molecule has 1 saturated heterocycles. The maximum absolute atomic E-state index is 12.8. The number of nitrogens with zero attached hydrogens (tertiary/aromatic N) is 1. The van der Waals surface area contributed by atoms with Crippen molar-refractivity contribution in [3.05, 3.63) is 41.6 Å². The lowest BCUT2D eigenvalue weighted by molar-refractivity contribution is -0.122. The van der Waals surface area contributed by atoms with Crippen LogP contribution in [0.15, 0.2) is 36.0 Å². The Morgan fingerprint density at radius 3 is 2.90 bits per heavy atom. The first-order chi connectivity index (χ1) is 9.61. The van der Waals surface area contributed by atoms with Crippen molar-refractivity contribution in [1.29, 1.82) is 0 Å². The molecule has 0 saturated carbocycles. The second-order valence-corrected chi connectivity index (χ2v) is 5.53. The number of hydrogen-bond acceptors (Lipinski definition) is 2. The van der Waals surface area contributed by atoms with Gasteiger partial charge in [-0.3, -0.25) is 4.79 Å². The first kappa shape index (κ1) is 13.1. The number of likely N-dealkylation sites (N-methyl/N-ethyl adjacent to an activating group) is 1. The zero-order chi connectivity index (χ0) is 14.3. The van der Waals surface area contributed by atoms with Gasteiger partial charge in [-0.2, -0.15) is 0 Å². The number of unbranched alkanes of at least 4 members (excludes halogenated alkanes) is 1. The summed E-state index contributed by atoms with van der Waals surface area (Å²) in [5, 5.41) is 6.84. The van der Waals surface area contributed by atoms with E-state index in [0.29, 0.717) is 5.11 Å². The minimum Gasteiger partial charge on any atom is -0.340 e. The molecule has 4 nitrogen and oxygen atoms in total. The molecule has 20 heavy (non-hydrogen) atoms. The lowest BCUT2D eigenvalue weighted by atomic mass is 9.88. The van der Waals surface area contributed by atoms with Gasteiger partial charge in [-0.05, 0) is 24.7 Å². The van der Waals surface area contributed by atoms with Gasteiger partial charge in [0.2, 0.25) is 0 Å². The smallest absolute Gasteiger partial charge is 0.263 e.